The van der Waals surface area contributed by atoms with E-state index in [1.165, 1.54) is 29.5 Å². The molecule has 132 valence electrons. The Balaban J connectivity index is 1.97. The first-order valence-electron chi connectivity index (χ1n) is 7.98. The molecule has 0 saturated carbocycles. The maximum atomic E-state index is 13.4. The fraction of sp³-hybridized carbons (Fsp3) is 0.263. The van der Waals surface area contributed by atoms with E-state index in [0.29, 0.717) is 11.8 Å². The lowest BCUT2D eigenvalue weighted by Gasteiger charge is -2.09. The van der Waals surface area contributed by atoms with Crippen molar-refractivity contribution in [3.63, 3.8) is 0 Å². The van der Waals surface area contributed by atoms with E-state index in [-0.39, 0.29) is 11.9 Å². The number of nitrogens with two attached hydrogens (primary N) is 1. The van der Waals surface area contributed by atoms with Crippen molar-refractivity contribution in [2.45, 2.75) is 32.3 Å². The van der Waals surface area contributed by atoms with E-state index in [4.69, 9.17) is 10.5 Å². The number of halogens is 1. The van der Waals surface area contributed by atoms with Crippen LogP contribution in [0.1, 0.15) is 30.5 Å². The maximum absolute atomic E-state index is 13.4. The van der Waals surface area contributed by atoms with Crippen LogP contribution in [0, 0.1) is 5.82 Å². The Morgan fingerprint density at radius 2 is 2.00 bits per heavy atom. The maximum Gasteiger partial charge on any atom is 0.180 e. The van der Waals surface area contributed by atoms with Gasteiger partial charge in [0.1, 0.15) is 5.82 Å². The molecule has 0 spiro atoms. The van der Waals surface area contributed by atoms with Crippen molar-refractivity contribution in [3.8, 4) is 0 Å². The first kappa shape index (κ1) is 19.1. The molecular formula is C19H22FN3OS. The van der Waals surface area contributed by atoms with Crippen LogP contribution in [-0.2, 0) is 17.1 Å². The lowest BCUT2D eigenvalue weighted by molar-refractivity contribution is 0.0655. The number of hydrogen-bond acceptors (Lipinski definition) is 4. The SMILES string of the molecule is CC(C)OCc1cc(F)ccc1C=NN=C(N)SCc1ccccc1. The number of amidine groups is 1. The third kappa shape index (κ3) is 7.07. The molecule has 0 amide bonds. The summed E-state index contributed by atoms with van der Waals surface area (Å²) in [5, 5.41) is 8.37. The summed E-state index contributed by atoms with van der Waals surface area (Å²) in [5.74, 6) is 0.427. The molecule has 2 N–H and O–H groups in total. The summed E-state index contributed by atoms with van der Waals surface area (Å²) in [6.45, 7) is 4.18. The zero-order valence-corrected chi connectivity index (χ0v) is 15.2. The molecule has 0 aliphatic heterocycles. The van der Waals surface area contributed by atoms with E-state index in [0.717, 1.165) is 16.9 Å². The molecule has 25 heavy (non-hydrogen) atoms. The third-order valence-corrected chi connectivity index (χ3v) is 4.11. The second-order valence-corrected chi connectivity index (χ2v) is 6.66. The Bertz CT molecular complexity index is 733. The van der Waals surface area contributed by atoms with Gasteiger partial charge in [0.25, 0.3) is 0 Å². The summed E-state index contributed by atoms with van der Waals surface area (Å²) >= 11 is 1.41. The molecular weight excluding hydrogens is 337 g/mol. The Morgan fingerprint density at radius 3 is 2.72 bits per heavy atom. The molecule has 2 aromatic carbocycles. The summed E-state index contributed by atoms with van der Waals surface area (Å²) in [6.07, 6.45) is 1.63. The van der Waals surface area contributed by atoms with Gasteiger partial charge in [-0.25, -0.2) is 4.39 Å². The average molecular weight is 359 g/mol. The van der Waals surface area contributed by atoms with Gasteiger partial charge >= 0.3 is 0 Å². The van der Waals surface area contributed by atoms with Gasteiger partial charge in [0.05, 0.1) is 18.9 Å². The number of thioether (sulfide) groups is 1. The highest BCUT2D eigenvalue weighted by Crippen LogP contribution is 2.13. The minimum Gasteiger partial charge on any atom is -0.377 e. The Hall–Kier alpha value is -2.18. The highest BCUT2D eigenvalue weighted by atomic mass is 32.2. The van der Waals surface area contributed by atoms with Crippen LogP contribution in [0.15, 0.2) is 58.7 Å². The van der Waals surface area contributed by atoms with Crippen molar-refractivity contribution < 1.29 is 9.13 Å². The molecule has 0 saturated heterocycles. The molecule has 0 bridgehead atoms. The highest BCUT2D eigenvalue weighted by Gasteiger charge is 2.04. The fourth-order valence-electron chi connectivity index (χ4n) is 1.99. The number of ether oxygens (including phenoxy) is 1. The van der Waals surface area contributed by atoms with Crippen LogP contribution < -0.4 is 5.73 Å². The molecule has 0 atom stereocenters. The molecule has 0 unspecified atom stereocenters. The van der Waals surface area contributed by atoms with Gasteiger partial charge < -0.3 is 10.5 Å². The van der Waals surface area contributed by atoms with Gasteiger partial charge in [-0.3, -0.25) is 0 Å². The molecule has 0 aliphatic rings. The summed E-state index contributed by atoms with van der Waals surface area (Å²) in [7, 11) is 0. The van der Waals surface area contributed by atoms with E-state index in [2.05, 4.69) is 10.2 Å². The zero-order valence-electron chi connectivity index (χ0n) is 14.4. The highest BCUT2D eigenvalue weighted by molar-refractivity contribution is 8.13. The average Bonchev–Trinajstić information content (AvgIpc) is 2.60. The standard InChI is InChI=1S/C19H22FN3OS/c1-14(2)24-12-17-10-18(20)9-8-16(17)11-22-23-19(21)25-13-15-6-4-3-5-7-15/h3-11,14H,12-13H2,1-2H3,(H2,21,23). The van der Waals surface area contributed by atoms with Crippen molar-refractivity contribution in [1.29, 1.82) is 0 Å². The molecule has 0 radical (unpaired) electrons. The van der Waals surface area contributed by atoms with Crippen molar-refractivity contribution in [3.05, 3.63) is 71.0 Å². The van der Waals surface area contributed by atoms with Gasteiger partial charge in [0, 0.05) is 11.3 Å². The molecule has 2 aromatic rings. The molecule has 4 nitrogen and oxygen atoms in total. The van der Waals surface area contributed by atoms with Crippen LogP contribution in [0.4, 0.5) is 4.39 Å². The third-order valence-electron chi connectivity index (χ3n) is 3.26. The minimum atomic E-state index is -0.305. The predicted octanol–water partition coefficient (Wildman–Crippen LogP) is 4.33. The lowest BCUT2D eigenvalue weighted by atomic mass is 10.1. The Labute approximate surface area is 152 Å². The Kier molecular flexibility index (Phi) is 7.63. The number of benzene rings is 2. The first-order chi connectivity index (χ1) is 12.0. The summed E-state index contributed by atoms with van der Waals surface area (Å²) in [5.41, 5.74) is 8.51. The minimum absolute atomic E-state index is 0.0658. The number of hydrogen-bond donors (Lipinski definition) is 1. The van der Waals surface area contributed by atoms with Crippen LogP contribution in [0.3, 0.4) is 0 Å². The van der Waals surface area contributed by atoms with E-state index in [1.807, 2.05) is 44.2 Å². The summed E-state index contributed by atoms with van der Waals surface area (Å²) in [6, 6.07) is 14.5. The van der Waals surface area contributed by atoms with Gasteiger partial charge in [-0.2, -0.15) is 5.10 Å². The molecule has 0 heterocycles. The molecule has 6 heteroatoms. The topological polar surface area (TPSA) is 60.0 Å². The van der Waals surface area contributed by atoms with Gasteiger partial charge in [-0.15, -0.1) is 5.10 Å². The first-order valence-corrected chi connectivity index (χ1v) is 8.96. The van der Waals surface area contributed by atoms with Crippen molar-refractivity contribution in [1.82, 2.24) is 0 Å². The largest absolute Gasteiger partial charge is 0.377 e. The van der Waals surface area contributed by atoms with Gasteiger partial charge in [0.2, 0.25) is 0 Å². The lowest BCUT2D eigenvalue weighted by Crippen LogP contribution is -2.06. The van der Waals surface area contributed by atoms with Gasteiger partial charge in [-0.1, -0.05) is 48.2 Å². The van der Waals surface area contributed by atoms with Crippen molar-refractivity contribution >= 4 is 23.1 Å². The van der Waals surface area contributed by atoms with Crippen LogP contribution in [0.5, 0.6) is 0 Å². The second-order valence-electron chi connectivity index (χ2n) is 5.66. The molecule has 0 fully saturated rings. The molecule has 2 rings (SSSR count). The van der Waals surface area contributed by atoms with Crippen molar-refractivity contribution in [2.75, 3.05) is 0 Å². The monoisotopic (exact) mass is 359 g/mol. The second kappa shape index (κ2) is 9.96. The zero-order chi connectivity index (χ0) is 18.1. The van der Waals surface area contributed by atoms with Crippen LogP contribution in [0.2, 0.25) is 0 Å². The predicted molar refractivity (Wildman–Crippen MR) is 103 cm³/mol. The summed E-state index contributed by atoms with van der Waals surface area (Å²) < 4.78 is 19.0. The van der Waals surface area contributed by atoms with E-state index in [9.17, 15) is 4.39 Å². The molecule has 0 aromatic heterocycles. The van der Waals surface area contributed by atoms with E-state index < -0.39 is 0 Å². The smallest absolute Gasteiger partial charge is 0.180 e. The van der Waals surface area contributed by atoms with Gasteiger partial charge in [-0.05, 0) is 37.1 Å². The summed E-state index contributed by atoms with van der Waals surface area (Å²) in [4.78, 5) is 0. The van der Waals surface area contributed by atoms with Gasteiger partial charge in [0.15, 0.2) is 5.17 Å². The van der Waals surface area contributed by atoms with Crippen molar-refractivity contribution in [2.24, 2.45) is 15.9 Å². The van der Waals surface area contributed by atoms with E-state index in [1.54, 1.807) is 12.3 Å². The van der Waals surface area contributed by atoms with Crippen LogP contribution in [0.25, 0.3) is 0 Å². The van der Waals surface area contributed by atoms with Crippen LogP contribution in [-0.4, -0.2) is 17.5 Å². The number of nitrogens with zero attached hydrogens (tertiary/aromatic N) is 2. The van der Waals surface area contributed by atoms with Crippen LogP contribution >= 0.6 is 11.8 Å². The fourth-order valence-corrected chi connectivity index (χ4v) is 2.60. The normalized spacial score (nSPS) is 12.2. The number of rotatable bonds is 7. The molecule has 0 aliphatic carbocycles. The quantitative estimate of drug-likeness (QED) is 0.455. The van der Waals surface area contributed by atoms with E-state index >= 15 is 0 Å². The Morgan fingerprint density at radius 1 is 1.24 bits per heavy atom.